The summed E-state index contributed by atoms with van der Waals surface area (Å²) in [6.07, 6.45) is 0. The first-order chi connectivity index (χ1) is 11.9. The van der Waals surface area contributed by atoms with Gasteiger partial charge >= 0.3 is 6.61 Å². The SMILES string of the molecule is O=[N+]([O-])c1cc(-c2nc(-c3cccc(OC(F)F)c3)no2)ccc1Cl. The molecule has 128 valence electrons. The Morgan fingerprint density at radius 2 is 2.00 bits per heavy atom. The summed E-state index contributed by atoms with van der Waals surface area (Å²) < 4.78 is 34.0. The van der Waals surface area contributed by atoms with E-state index < -0.39 is 11.5 Å². The van der Waals surface area contributed by atoms with Crippen LogP contribution in [0.4, 0.5) is 14.5 Å². The highest BCUT2D eigenvalue weighted by molar-refractivity contribution is 6.32. The van der Waals surface area contributed by atoms with Crippen molar-refractivity contribution in [3.8, 4) is 28.6 Å². The number of alkyl halides is 2. The molecule has 0 radical (unpaired) electrons. The third-order valence-electron chi connectivity index (χ3n) is 3.13. The molecule has 25 heavy (non-hydrogen) atoms. The molecule has 0 saturated heterocycles. The van der Waals surface area contributed by atoms with Crippen LogP contribution < -0.4 is 4.74 Å². The molecule has 0 atom stereocenters. The Hall–Kier alpha value is -3.07. The molecule has 0 bridgehead atoms. The number of rotatable bonds is 5. The van der Waals surface area contributed by atoms with Crippen molar-refractivity contribution in [2.75, 3.05) is 0 Å². The first-order valence-corrected chi connectivity index (χ1v) is 7.15. The van der Waals surface area contributed by atoms with E-state index in [-0.39, 0.29) is 28.2 Å². The fraction of sp³-hybridized carbons (Fsp3) is 0.0667. The van der Waals surface area contributed by atoms with Gasteiger partial charge < -0.3 is 9.26 Å². The Labute approximate surface area is 143 Å². The van der Waals surface area contributed by atoms with E-state index in [1.165, 1.54) is 36.4 Å². The minimum Gasteiger partial charge on any atom is -0.435 e. The maximum Gasteiger partial charge on any atom is 0.387 e. The summed E-state index contributed by atoms with van der Waals surface area (Å²) in [7, 11) is 0. The van der Waals surface area contributed by atoms with E-state index in [0.717, 1.165) is 0 Å². The summed E-state index contributed by atoms with van der Waals surface area (Å²) >= 11 is 5.76. The molecule has 7 nitrogen and oxygen atoms in total. The largest absolute Gasteiger partial charge is 0.435 e. The monoisotopic (exact) mass is 367 g/mol. The highest BCUT2D eigenvalue weighted by atomic mass is 35.5. The number of benzene rings is 2. The lowest BCUT2D eigenvalue weighted by Crippen LogP contribution is -2.01. The molecule has 2 aromatic carbocycles. The van der Waals surface area contributed by atoms with E-state index in [2.05, 4.69) is 14.9 Å². The molecular formula is C15H8ClF2N3O4. The van der Waals surface area contributed by atoms with Gasteiger partial charge in [0, 0.05) is 17.2 Å². The van der Waals surface area contributed by atoms with Crippen molar-refractivity contribution in [1.29, 1.82) is 0 Å². The Morgan fingerprint density at radius 3 is 2.72 bits per heavy atom. The summed E-state index contributed by atoms with van der Waals surface area (Å²) in [6.45, 7) is -2.95. The number of hydrogen-bond donors (Lipinski definition) is 0. The number of nitro benzene ring substituents is 1. The summed E-state index contributed by atoms with van der Waals surface area (Å²) in [5.74, 6) is 0.0863. The second-order valence-corrected chi connectivity index (χ2v) is 5.16. The number of aromatic nitrogens is 2. The highest BCUT2D eigenvalue weighted by Crippen LogP contribution is 2.31. The third-order valence-corrected chi connectivity index (χ3v) is 3.45. The van der Waals surface area contributed by atoms with Crippen molar-refractivity contribution in [1.82, 2.24) is 10.1 Å². The van der Waals surface area contributed by atoms with Crippen LogP contribution in [0.25, 0.3) is 22.8 Å². The fourth-order valence-electron chi connectivity index (χ4n) is 2.05. The smallest absolute Gasteiger partial charge is 0.387 e. The molecule has 0 amide bonds. The first kappa shape index (κ1) is 16.8. The van der Waals surface area contributed by atoms with Crippen LogP contribution in [0.5, 0.6) is 5.75 Å². The maximum atomic E-state index is 12.3. The van der Waals surface area contributed by atoms with Crippen LogP contribution in [0.15, 0.2) is 47.0 Å². The fourth-order valence-corrected chi connectivity index (χ4v) is 2.24. The zero-order chi connectivity index (χ0) is 18.0. The van der Waals surface area contributed by atoms with Gasteiger partial charge in [-0.3, -0.25) is 10.1 Å². The number of nitro groups is 1. The van der Waals surface area contributed by atoms with E-state index in [9.17, 15) is 18.9 Å². The van der Waals surface area contributed by atoms with Crippen molar-refractivity contribution >= 4 is 17.3 Å². The molecule has 0 spiro atoms. The van der Waals surface area contributed by atoms with E-state index in [1.807, 2.05) is 0 Å². The number of ether oxygens (including phenoxy) is 1. The normalized spacial score (nSPS) is 10.9. The molecule has 0 unspecified atom stereocenters. The predicted molar refractivity (Wildman–Crippen MR) is 83.5 cm³/mol. The van der Waals surface area contributed by atoms with Crippen LogP contribution >= 0.6 is 11.6 Å². The maximum absolute atomic E-state index is 12.3. The van der Waals surface area contributed by atoms with Crippen LogP contribution in [-0.4, -0.2) is 21.7 Å². The molecule has 1 aromatic heterocycles. The lowest BCUT2D eigenvalue weighted by molar-refractivity contribution is -0.384. The molecule has 0 aliphatic heterocycles. The Morgan fingerprint density at radius 1 is 1.20 bits per heavy atom. The lowest BCUT2D eigenvalue weighted by Gasteiger charge is -2.04. The quantitative estimate of drug-likeness (QED) is 0.484. The standard InChI is InChI=1S/C15H8ClF2N3O4/c16-11-5-4-9(7-12(11)21(22)23)14-19-13(20-25-14)8-2-1-3-10(6-8)24-15(17)18/h1-7,15H. The molecule has 1 heterocycles. The summed E-state index contributed by atoms with van der Waals surface area (Å²) in [5, 5.41) is 14.7. The van der Waals surface area contributed by atoms with E-state index in [0.29, 0.717) is 11.1 Å². The predicted octanol–water partition coefficient (Wildman–Crippen LogP) is 4.57. The van der Waals surface area contributed by atoms with E-state index in [1.54, 1.807) is 6.07 Å². The zero-order valence-corrected chi connectivity index (χ0v) is 13.0. The summed E-state index contributed by atoms with van der Waals surface area (Å²) in [5.41, 5.74) is 0.387. The van der Waals surface area contributed by atoms with E-state index in [4.69, 9.17) is 16.1 Å². The average Bonchev–Trinajstić information content (AvgIpc) is 3.04. The van der Waals surface area contributed by atoms with Gasteiger partial charge in [0.2, 0.25) is 5.82 Å². The van der Waals surface area contributed by atoms with Crippen LogP contribution in [0, 0.1) is 10.1 Å². The Bertz CT molecular complexity index is 933. The topological polar surface area (TPSA) is 91.3 Å². The van der Waals surface area contributed by atoms with Gasteiger partial charge in [0.1, 0.15) is 10.8 Å². The van der Waals surface area contributed by atoms with Crippen molar-refractivity contribution in [2.24, 2.45) is 0 Å². The summed E-state index contributed by atoms with van der Waals surface area (Å²) in [4.78, 5) is 14.4. The minimum atomic E-state index is -2.95. The second kappa shape index (κ2) is 6.81. The highest BCUT2D eigenvalue weighted by Gasteiger charge is 2.17. The van der Waals surface area contributed by atoms with Gasteiger partial charge in [0.05, 0.1) is 4.92 Å². The second-order valence-electron chi connectivity index (χ2n) is 4.75. The molecule has 3 rings (SSSR count). The van der Waals surface area contributed by atoms with Crippen LogP contribution in [-0.2, 0) is 0 Å². The van der Waals surface area contributed by atoms with Gasteiger partial charge in [0.15, 0.2) is 0 Å². The average molecular weight is 368 g/mol. The first-order valence-electron chi connectivity index (χ1n) is 6.77. The molecule has 0 saturated carbocycles. The lowest BCUT2D eigenvalue weighted by atomic mass is 10.2. The molecule has 0 aliphatic rings. The molecule has 0 fully saturated rings. The molecule has 0 aliphatic carbocycles. The molecular weight excluding hydrogens is 360 g/mol. The van der Waals surface area contributed by atoms with Gasteiger partial charge in [0.25, 0.3) is 11.6 Å². The minimum absolute atomic E-state index is 0.0228. The number of nitrogens with zero attached hydrogens (tertiary/aromatic N) is 3. The van der Waals surface area contributed by atoms with Crippen LogP contribution in [0.2, 0.25) is 5.02 Å². The van der Waals surface area contributed by atoms with Gasteiger partial charge in [-0.25, -0.2) is 0 Å². The van der Waals surface area contributed by atoms with Crippen molar-refractivity contribution < 1.29 is 23.0 Å². The van der Waals surface area contributed by atoms with Crippen molar-refractivity contribution in [3.63, 3.8) is 0 Å². The van der Waals surface area contributed by atoms with Gasteiger partial charge in [-0.2, -0.15) is 13.8 Å². The number of hydrogen-bond acceptors (Lipinski definition) is 6. The van der Waals surface area contributed by atoms with Crippen molar-refractivity contribution in [2.45, 2.75) is 6.61 Å². The Balaban J connectivity index is 1.93. The van der Waals surface area contributed by atoms with Crippen molar-refractivity contribution in [3.05, 3.63) is 57.6 Å². The van der Waals surface area contributed by atoms with Crippen LogP contribution in [0.3, 0.4) is 0 Å². The third kappa shape index (κ3) is 3.72. The van der Waals surface area contributed by atoms with E-state index >= 15 is 0 Å². The number of halogens is 3. The molecule has 3 aromatic rings. The van der Waals surface area contributed by atoms with Crippen LogP contribution in [0.1, 0.15) is 0 Å². The Kier molecular flexibility index (Phi) is 4.57. The van der Waals surface area contributed by atoms with Gasteiger partial charge in [-0.15, -0.1) is 0 Å². The molecule has 10 heteroatoms. The van der Waals surface area contributed by atoms with Gasteiger partial charge in [-0.05, 0) is 24.3 Å². The summed E-state index contributed by atoms with van der Waals surface area (Å²) in [6, 6.07) is 9.80. The molecule has 0 N–H and O–H groups in total. The van der Waals surface area contributed by atoms with Gasteiger partial charge in [-0.1, -0.05) is 28.9 Å². The zero-order valence-electron chi connectivity index (χ0n) is 12.2.